The van der Waals surface area contributed by atoms with Gasteiger partial charge in [0.25, 0.3) is 0 Å². The van der Waals surface area contributed by atoms with Gasteiger partial charge in [-0.05, 0) is 19.4 Å². The van der Waals surface area contributed by atoms with Crippen LogP contribution in [0, 0.1) is 5.92 Å². The summed E-state index contributed by atoms with van der Waals surface area (Å²) >= 11 is 0. The summed E-state index contributed by atoms with van der Waals surface area (Å²) in [6.07, 6.45) is 4.27. The van der Waals surface area contributed by atoms with Gasteiger partial charge in [-0.25, -0.2) is 4.98 Å². The normalized spacial score (nSPS) is 10.7. The first-order valence-corrected chi connectivity index (χ1v) is 6.36. The Hall–Kier alpha value is -1.42. The molecule has 1 aromatic heterocycles. The van der Waals surface area contributed by atoms with E-state index in [1.54, 1.807) is 12.4 Å². The molecule has 1 rings (SSSR count). The van der Waals surface area contributed by atoms with Gasteiger partial charge in [0.2, 0.25) is 5.88 Å². The fourth-order valence-electron chi connectivity index (χ4n) is 1.33. The second-order valence-corrected chi connectivity index (χ2v) is 4.93. The number of ether oxygens (including phenoxy) is 1. The van der Waals surface area contributed by atoms with Crippen molar-refractivity contribution in [2.24, 2.45) is 5.92 Å². The molecular formula is C14H23N3O. The third-order valence-electron chi connectivity index (χ3n) is 2.32. The summed E-state index contributed by atoms with van der Waals surface area (Å²) in [6, 6.07) is 0. The average Bonchev–Trinajstić information content (AvgIpc) is 2.30. The highest BCUT2D eigenvalue weighted by Crippen LogP contribution is 2.06. The largest absolute Gasteiger partial charge is 0.476 e. The summed E-state index contributed by atoms with van der Waals surface area (Å²) in [5.74, 6) is 1.21. The van der Waals surface area contributed by atoms with E-state index >= 15 is 0 Å². The minimum atomic E-state index is 0.573. The van der Waals surface area contributed by atoms with E-state index in [2.05, 4.69) is 35.7 Å². The van der Waals surface area contributed by atoms with Crippen molar-refractivity contribution in [2.75, 3.05) is 13.2 Å². The Morgan fingerprint density at radius 1 is 1.39 bits per heavy atom. The van der Waals surface area contributed by atoms with Crippen LogP contribution in [0.25, 0.3) is 0 Å². The number of nitrogens with one attached hydrogen (secondary N) is 1. The quantitative estimate of drug-likeness (QED) is 0.719. The van der Waals surface area contributed by atoms with Crippen LogP contribution in [-0.4, -0.2) is 23.1 Å². The van der Waals surface area contributed by atoms with Crippen molar-refractivity contribution in [3.8, 4) is 5.88 Å². The van der Waals surface area contributed by atoms with Crippen molar-refractivity contribution in [3.63, 3.8) is 0 Å². The lowest BCUT2D eigenvalue weighted by molar-refractivity contribution is 0.307. The molecule has 1 aromatic rings. The van der Waals surface area contributed by atoms with Gasteiger partial charge >= 0.3 is 0 Å². The molecule has 0 unspecified atom stereocenters. The molecule has 4 nitrogen and oxygen atoms in total. The standard InChI is InChI=1S/C14H23N3O/c1-11(2)5-6-18-14-10-16-13(9-17-14)8-15-7-12(3)4/h9-10,12,15H,1,5-8H2,2-4H3. The predicted molar refractivity (Wildman–Crippen MR) is 73.5 cm³/mol. The van der Waals surface area contributed by atoms with E-state index in [1.807, 2.05) is 6.92 Å². The zero-order valence-corrected chi connectivity index (χ0v) is 11.6. The minimum absolute atomic E-state index is 0.573. The van der Waals surface area contributed by atoms with Gasteiger partial charge in [-0.3, -0.25) is 4.98 Å². The molecule has 0 radical (unpaired) electrons. The third kappa shape index (κ3) is 6.35. The first kappa shape index (κ1) is 14.6. The summed E-state index contributed by atoms with van der Waals surface area (Å²) in [4.78, 5) is 8.52. The van der Waals surface area contributed by atoms with E-state index in [1.165, 1.54) is 0 Å². The van der Waals surface area contributed by atoms with Gasteiger partial charge < -0.3 is 10.1 Å². The van der Waals surface area contributed by atoms with Crippen molar-refractivity contribution < 1.29 is 4.74 Å². The molecule has 0 bridgehead atoms. The van der Waals surface area contributed by atoms with Crippen molar-refractivity contribution in [2.45, 2.75) is 33.7 Å². The number of hydrogen-bond donors (Lipinski definition) is 1. The summed E-state index contributed by atoms with van der Waals surface area (Å²) in [5, 5.41) is 3.32. The second-order valence-electron chi connectivity index (χ2n) is 4.93. The van der Waals surface area contributed by atoms with E-state index in [4.69, 9.17) is 4.74 Å². The highest BCUT2D eigenvalue weighted by atomic mass is 16.5. The van der Waals surface area contributed by atoms with Crippen LogP contribution in [-0.2, 0) is 6.54 Å². The summed E-state index contributed by atoms with van der Waals surface area (Å²) in [5.41, 5.74) is 2.04. The molecule has 0 amide bonds. The molecule has 0 aliphatic heterocycles. The first-order valence-electron chi connectivity index (χ1n) is 6.36. The highest BCUT2D eigenvalue weighted by Gasteiger charge is 1.99. The maximum absolute atomic E-state index is 5.46. The Kier molecular flexibility index (Phi) is 6.36. The Balaban J connectivity index is 2.31. The molecule has 100 valence electrons. The third-order valence-corrected chi connectivity index (χ3v) is 2.32. The van der Waals surface area contributed by atoms with Crippen LogP contribution in [0.15, 0.2) is 24.5 Å². The Bertz CT molecular complexity index is 360. The van der Waals surface area contributed by atoms with Gasteiger partial charge in [-0.1, -0.05) is 19.4 Å². The van der Waals surface area contributed by atoms with Gasteiger partial charge in [0.05, 0.1) is 24.7 Å². The average molecular weight is 249 g/mol. The van der Waals surface area contributed by atoms with E-state index in [9.17, 15) is 0 Å². The molecule has 0 saturated heterocycles. The molecule has 1 heterocycles. The van der Waals surface area contributed by atoms with Crippen LogP contribution in [0.2, 0.25) is 0 Å². The predicted octanol–water partition coefficient (Wildman–Crippen LogP) is 2.57. The topological polar surface area (TPSA) is 47.0 Å². The molecule has 0 atom stereocenters. The minimum Gasteiger partial charge on any atom is -0.476 e. The fourth-order valence-corrected chi connectivity index (χ4v) is 1.33. The van der Waals surface area contributed by atoms with E-state index < -0.39 is 0 Å². The molecule has 4 heteroatoms. The lowest BCUT2D eigenvalue weighted by Crippen LogP contribution is -2.19. The van der Waals surface area contributed by atoms with E-state index in [-0.39, 0.29) is 0 Å². The van der Waals surface area contributed by atoms with Crippen molar-refractivity contribution in [1.29, 1.82) is 0 Å². The van der Waals surface area contributed by atoms with Crippen LogP contribution < -0.4 is 10.1 Å². The summed E-state index contributed by atoms with van der Waals surface area (Å²) in [6.45, 7) is 12.5. The van der Waals surface area contributed by atoms with E-state index in [0.29, 0.717) is 18.4 Å². The molecule has 0 aliphatic rings. The Morgan fingerprint density at radius 2 is 2.17 bits per heavy atom. The number of nitrogens with zero attached hydrogens (tertiary/aromatic N) is 2. The smallest absolute Gasteiger partial charge is 0.232 e. The lowest BCUT2D eigenvalue weighted by Gasteiger charge is -2.07. The van der Waals surface area contributed by atoms with Gasteiger partial charge in [-0.15, -0.1) is 6.58 Å². The maximum Gasteiger partial charge on any atom is 0.232 e. The Morgan fingerprint density at radius 3 is 2.72 bits per heavy atom. The number of aromatic nitrogens is 2. The van der Waals surface area contributed by atoms with Crippen LogP contribution in [0.1, 0.15) is 32.9 Å². The molecule has 0 fully saturated rings. The molecular weight excluding hydrogens is 226 g/mol. The lowest BCUT2D eigenvalue weighted by atomic mass is 10.2. The summed E-state index contributed by atoms with van der Waals surface area (Å²) < 4.78 is 5.46. The fraction of sp³-hybridized carbons (Fsp3) is 0.571. The molecule has 1 N–H and O–H groups in total. The van der Waals surface area contributed by atoms with Crippen LogP contribution >= 0.6 is 0 Å². The van der Waals surface area contributed by atoms with Crippen molar-refractivity contribution in [1.82, 2.24) is 15.3 Å². The van der Waals surface area contributed by atoms with Crippen molar-refractivity contribution >= 4 is 0 Å². The van der Waals surface area contributed by atoms with Gasteiger partial charge in [0, 0.05) is 13.0 Å². The monoisotopic (exact) mass is 249 g/mol. The zero-order valence-electron chi connectivity index (χ0n) is 11.6. The summed E-state index contributed by atoms with van der Waals surface area (Å²) in [7, 11) is 0. The number of hydrogen-bond acceptors (Lipinski definition) is 4. The highest BCUT2D eigenvalue weighted by molar-refractivity contribution is 5.07. The molecule has 0 aromatic carbocycles. The van der Waals surface area contributed by atoms with Crippen LogP contribution in [0.5, 0.6) is 5.88 Å². The van der Waals surface area contributed by atoms with Crippen molar-refractivity contribution in [3.05, 3.63) is 30.2 Å². The molecule has 18 heavy (non-hydrogen) atoms. The first-order chi connectivity index (χ1) is 8.58. The molecule has 0 saturated carbocycles. The number of rotatable bonds is 8. The zero-order chi connectivity index (χ0) is 13.4. The van der Waals surface area contributed by atoms with E-state index in [0.717, 1.165) is 30.8 Å². The second kappa shape index (κ2) is 7.82. The Labute approximate surface area is 109 Å². The molecule has 0 spiro atoms. The van der Waals surface area contributed by atoms with Gasteiger partial charge in [0.15, 0.2) is 0 Å². The van der Waals surface area contributed by atoms with Gasteiger partial charge in [0.1, 0.15) is 0 Å². The molecule has 0 aliphatic carbocycles. The van der Waals surface area contributed by atoms with Crippen LogP contribution in [0.3, 0.4) is 0 Å². The SMILES string of the molecule is C=C(C)CCOc1cnc(CNCC(C)C)cn1. The maximum atomic E-state index is 5.46. The van der Waals surface area contributed by atoms with Crippen LogP contribution in [0.4, 0.5) is 0 Å². The van der Waals surface area contributed by atoms with Gasteiger partial charge in [-0.2, -0.15) is 0 Å².